The summed E-state index contributed by atoms with van der Waals surface area (Å²) in [6, 6.07) is 7.45. The van der Waals surface area contributed by atoms with Gasteiger partial charge >= 0.3 is 0 Å². The van der Waals surface area contributed by atoms with Crippen LogP contribution in [0.15, 0.2) is 24.3 Å². The highest BCUT2D eigenvalue weighted by molar-refractivity contribution is 8.00. The molecule has 0 saturated heterocycles. The lowest BCUT2D eigenvalue weighted by molar-refractivity contribution is -0.120. The number of amides is 2. The fourth-order valence-electron chi connectivity index (χ4n) is 2.70. The lowest BCUT2D eigenvalue weighted by Crippen LogP contribution is -2.19. The molecule has 7 nitrogen and oxygen atoms in total. The number of aromatic nitrogens is 2. The van der Waals surface area contributed by atoms with Crippen molar-refractivity contribution in [2.45, 2.75) is 12.2 Å². The van der Waals surface area contributed by atoms with Crippen molar-refractivity contribution in [1.82, 2.24) is 9.78 Å². The molecule has 0 radical (unpaired) electrons. The van der Waals surface area contributed by atoms with E-state index in [9.17, 15) is 9.59 Å². The van der Waals surface area contributed by atoms with E-state index in [1.807, 2.05) is 26.1 Å². The van der Waals surface area contributed by atoms with Gasteiger partial charge in [0, 0.05) is 12.6 Å². The van der Waals surface area contributed by atoms with Crippen LogP contribution in [0.4, 0.5) is 5.82 Å². The molecule has 8 heteroatoms. The van der Waals surface area contributed by atoms with E-state index in [0.717, 1.165) is 22.6 Å². The summed E-state index contributed by atoms with van der Waals surface area (Å²) < 4.78 is 6.98. The Hall–Kier alpha value is -2.48. The standard InChI is InChI=1S/C16H18N4O3S/c1-9-14-15(24-8-13(22)18-16(14)20(2)19-9)10-3-5-11(6-4-10)23-7-12(17)21/h3-6,15H,7-8H2,1-2H3,(H2,17,21)(H,18,22)/t15-/m1/s1. The van der Waals surface area contributed by atoms with Crippen molar-refractivity contribution in [1.29, 1.82) is 0 Å². The minimum absolute atomic E-state index is 0.00200. The number of benzene rings is 1. The third-order valence-electron chi connectivity index (χ3n) is 3.73. The molecule has 2 aromatic rings. The number of carbonyl (C=O) groups is 2. The molecule has 3 rings (SSSR count). The molecule has 0 saturated carbocycles. The number of anilines is 1. The SMILES string of the molecule is Cc1nn(C)c2c1[C@@H](c1ccc(OCC(N)=O)cc1)SCC(=O)N2. The number of aryl methyl sites for hydroxylation is 2. The second kappa shape index (κ2) is 6.56. The molecular weight excluding hydrogens is 328 g/mol. The maximum absolute atomic E-state index is 12.0. The predicted molar refractivity (Wildman–Crippen MR) is 92.0 cm³/mol. The molecule has 2 heterocycles. The van der Waals surface area contributed by atoms with E-state index in [4.69, 9.17) is 10.5 Å². The Balaban J connectivity index is 1.91. The van der Waals surface area contributed by atoms with Gasteiger partial charge in [-0.05, 0) is 24.6 Å². The van der Waals surface area contributed by atoms with Gasteiger partial charge in [-0.25, -0.2) is 0 Å². The first-order valence-corrected chi connectivity index (χ1v) is 8.46. The van der Waals surface area contributed by atoms with Crippen molar-refractivity contribution >= 4 is 29.4 Å². The van der Waals surface area contributed by atoms with Gasteiger partial charge in [-0.3, -0.25) is 14.3 Å². The lowest BCUT2D eigenvalue weighted by Gasteiger charge is -2.15. The van der Waals surface area contributed by atoms with Gasteiger partial charge in [-0.15, -0.1) is 11.8 Å². The number of hydrogen-bond donors (Lipinski definition) is 2. The average Bonchev–Trinajstić information content (AvgIpc) is 2.72. The first kappa shape index (κ1) is 16.4. The predicted octanol–water partition coefficient (Wildman–Crippen LogP) is 1.37. The van der Waals surface area contributed by atoms with Gasteiger partial charge in [-0.1, -0.05) is 12.1 Å². The van der Waals surface area contributed by atoms with Gasteiger partial charge in [0.15, 0.2) is 6.61 Å². The molecule has 126 valence electrons. The van der Waals surface area contributed by atoms with Crippen LogP contribution in [0.1, 0.15) is 22.1 Å². The number of rotatable bonds is 4. The van der Waals surface area contributed by atoms with Crippen LogP contribution in [0.3, 0.4) is 0 Å². The van der Waals surface area contributed by atoms with Crippen LogP contribution < -0.4 is 15.8 Å². The van der Waals surface area contributed by atoms with Crippen LogP contribution in [-0.2, 0) is 16.6 Å². The summed E-state index contributed by atoms with van der Waals surface area (Å²) >= 11 is 1.56. The summed E-state index contributed by atoms with van der Waals surface area (Å²) in [6.07, 6.45) is 0. The number of nitrogens with one attached hydrogen (secondary N) is 1. The minimum atomic E-state index is -0.515. The second-order valence-electron chi connectivity index (χ2n) is 5.53. The Labute approximate surface area is 143 Å². The van der Waals surface area contributed by atoms with Gasteiger partial charge < -0.3 is 15.8 Å². The Morgan fingerprint density at radius 2 is 2.17 bits per heavy atom. The Morgan fingerprint density at radius 3 is 2.83 bits per heavy atom. The molecule has 0 unspecified atom stereocenters. The molecule has 0 fully saturated rings. The summed E-state index contributed by atoms with van der Waals surface area (Å²) in [5.74, 6) is 1.14. The molecule has 0 spiro atoms. The Kier molecular flexibility index (Phi) is 4.48. The third-order valence-corrected chi connectivity index (χ3v) is 5.00. The maximum Gasteiger partial charge on any atom is 0.255 e. The molecule has 1 aliphatic rings. The highest BCUT2D eigenvalue weighted by atomic mass is 32.2. The number of carbonyl (C=O) groups excluding carboxylic acids is 2. The first-order valence-electron chi connectivity index (χ1n) is 7.41. The third kappa shape index (κ3) is 3.23. The van der Waals surface area contributed by atoms with E-state index in [1.54, 1.807) is 28.6 Å². The Bertz CT molecular complexity index is 785. The molecular formula is C16H18N4O3S. The van der Waals surface area contributed by atoms with Crippen molar-refractivity contribution in [3.63, 3.8) is 0 Å². The Morgan fingerprint density at radius 1 is 1.46 bits per heavy atom. The van der Waals surface area contributed by atoms with Crippen molar-refractivity contribution in [3.05, 3.63) is 41.1 Å². The highest BCUT2D eigenvalue weighted by Gasteiger charge is 2.29. The van der Waals surface area contributed by atoms with Gasteiger partial charge in [0.1, 0.15) is 11.6 Å². The summed E-state index contributed by atoms with van der Waals surface area (Å²) in [5.41, 5.74) is 8.02. The van der Waals surface area contributed by atoms with E-state index in [2.05, 4.69) is 10.4 Å². The largest absolute Gasteiger partial charge is 0.484 e. The number of hydrogen-bond acceptors (Lipinski definition) is 5. The van der Waals surface area contributed by atoms with Crippen molar-refractivity contribution in [2.75, 3.05) is 17.7 Å². The number of thioether (sulfide) groups is 1. The summed E-state index contributed by atoms with van der Waals surface area (Å²) in [7, 11) is 1.82. The molecule has 3 N–H and O–H groups in total. The summed E-state index contributed by atoms with van der Waals surface area (Å²) in [5, 5.41) is 7.34. The molecule has 0 bridgehead atoms. The normalized spacial score (nSPS) is 16.9. The number of ether oxygens (including phenoxy) is 1. The fraction of sp³-hybridized carbons (Fsp3) is 0.312. The number of primary amides is 1. The maximum atomic E-state index is 12.0. The minimum Gasteiger partial charge on any atom is -0.484 e. The smallest absolute Gasteiger partial charge is 0.255 e. The molecule has 1 aromatic heterocycles. The van der Waals surface area contributed by atoms with E-state index < -0.39 is 5.91 Å². The molecule has 1 aliphatic heterocycles. The van der Waals surface area contributed by atoms with Crippen molar-refractivity contribution in [2.24, 2.45) is 12.8 Å². The van der Waals surface area contributed by atoms with Crippen LogP contribution in [0.2, 0.25) is 0 Å². The first-order chi connectivity index (χ1) is 11.5. The van der Waals surface area contributed by atoms with Gasteiger partial charge in [0.25, 0.3) is 5.91 Å². The van der Waals surface area contributed by atoms with E-state index in [1.165, 1.54) is 0 Å². The molecule has 24 heavy (non-hydrogen) atoms. The van der Waals surface area contributed by atoms with Crippen LogP contribution in [0, 0.1) is 6.92 Å². The quantitative estimate of drug-likeness (QED) is 0.871. The van der Waals surface area contributed by atoms with Gasteiger partial charge in [0.2, 0.25) is 5.91 Å². The van der Waals surface area contributed by atoms with Crippen LogP contribution >= 0.6 is 11.8 Å². The van der Waals surface area contributed by atoms with Crippen LogP contribution in [0.5, 0.6) is 5.75 Å². The van der Waals surface area contributed by atoms with Crippen LogP contribution in [0.25, 0.3) is 0 Å². The highest BCUT2D eigenvalue weighted by Crippen LogP contribution is 2.43. The van der Waals surface area contributed by atoms with Gasteiger partial charge in [0.05, 0.1) is 16.7 Å². The topological polar surface area (TPSA) is 99.2 Å². The van der Waals surface area contributed by atoms with Gasteiger partial charge in [-0.2, -0.15) is 5.10 Å². The van der Waals surface area contributed by atoms with E-state index in [0.29, 0.717) is 11.5 Å². The van der Waals surface area contributed by atoms with Crippen molar-refractivity contribution in [3.8, 4) is 5.75 Å². The monoisotopic (exact) mass is 346 g/mol. The zero-order valence-electron chi connectivity index (χ0n) is 13.4. The second-order valence-corrected chi connectivity index (χ2v) is 6.63. The lowest BCUT2D eigenvalue weighted by atomic mass is 10.0. The number of nitrogens with zero attached hydrogens (tertiary/aromatic N) is 2. The average molecular weight is 346 g/mol. The number of nitrogens with two attached hydrogens (primary N) is 1. The molecule has 1 aromatic carbocycles. The van der Waals surface area contributed by atoms with E-state index >= 15 is 0 Å². The molecule has 1 atom stereocenters. The van der Waals surface area contributed by atoms with E-state index in [-0.39, 0.29) is 17.8 Å². The number of fused-ring (bicyclic) bond motifs is 1. The zero-order valence-corrected chi connectivity index (χ0v) is 14.2. The summed E-state index contributed by atoms with van der Waals surface area (Å²) in [4.78, 5) is 22.7. The summed E-state index contributed by atoms with van der Waals surface area (Å²) in [6.45, 7) is 1.79. The fourth-order valence-corrected chi connectivity index (χ4v) is 3.89. The van der Waals surface area contributed by atoms with Crippen LogP contribution in [-0.4, -0.2) is 34.0 Å². The molecule has 2 amide bonds. The zero-order chi connectivity index (χ0) is 17.3. The van der Waals surface area contributed by atoms with Crippen molar-refractivity contribution < 1.29 is 14.3 Å². The molecule has 0 aliphatic carbocycles.